The van der Waals surface area contributed by atoms with Crippen LogP contribution >= 0.6 is 11.6 Å². The zero-order valence-electron chi connectivity index (χ0n) is 12.8. The number of aliphatic carboxylic acids is 1. The molecule has 4 heteroatoms. The van der Waals surface area contributed by atoms with E-state index >= 15 is 0 Å². The van der Waals surface area contributed by atoms with Gasteiger partial charge in [0.15, 0.2) is 0 Å². The molecule has 0 spiro atoms. The summed E-state index contributed by atoms with van der Waals surface area (Å²) in [4.78, 5) is 11.5. The number of carbonyl (C=O) groups is 1. The van der Waals surface area contributed by atoms with Crippen LogP contribution in [0, 0.1) is 31.6 Å². The molecular formula is C17H23ClO3. The lowest BCUT2D eigenvalue weighted by atomic mass is 9.86. The summed E-state index contributed by atoms with van der Waals surface area (Å²) < 4.78 is 0. The third-order valence-corrected chi connectivity index (χ3v) is 5.27. The van der Waals surface area contributed by atoms with E-state index in [0.717, 1.165) is 24.0 Å². The van der Waals surface area contributed by atoms with Crippen LogP contribution in [-0.4, -0.2) is 16.2 Å². The molecule has 1 aliphatic rings. The number of benzene rings is 1. The van der Waals surface area contributed by atoms with Crippen LogP contribution in [-0.2, 0) is 4.79 Å². The molecule has 0 radical (unpaired) electrons. The zero-order chi connectivity index (χ0) is 15.7. The van der Waals surface area contributed by atoms with E-state index in [1.807, 2.05) is 26.0 Å². The molecule has 0 saturated heterocycles. The summed E-state index contributed by atoms with van der Waals surface area (Å²) in [7, 11) is 0. The van der Waals surface area contributed by atoms with E-state index < -0.39 is 18.0 Å². The number of aryl methyl sites for hydroxylation is 2. The van der Waals surface area contributed by atoms with Crippen molar-refractivity contribution < 1.29 is 15.0 Å². The molecule has 3 nitrogen and oxygen atoms in total. The number of carboxylic acids is 1. The molecule has 1 saturated carbocycles. The number of hydrogen-bond donors (Lipinski definition) is 2. The Labute approximate surface area is 130 Å². The molecule has 116 valence electrons. The average molecular weight is 311 g/mol. The number of carboxylic acid groups (broad SMARTS) is 1. The van der Waals surface area contributed by atoms with E-state index in [2.05, 4.69) is 6.92 Å². The highest BCUT2D eigenvalue weighted by Gasteiger charge is 2.42. The maximum absolute atomic E-state index is 11.5. The second-order valence-corrected chi connectivity index (χ2v) is 6.66. The van der Waals surface area contributed by atoms with Crippen LogP contribution in [0.1, 0.15) is 49.0 Å². The lowest BCUT2D eigenvalue weighted by molar-refractivity contribution is -0.144. The molecule has 0 heterocycles. The normalized spacial score (nSPS) is 26.8. The minimum absolute atomic E-state index is 0.257. The lowest BCUT2D eigenvalue weighted by Gasteiger charge is -2.24. The van der Waals surface area contributed by atoms with Crippen molar-refractivity contribution >= 4 is 17.6 Å². The molecule has 1 aromatic rings. The molecule has 4 atom stereocenters. The highest BCUT2D eigenvalue weighted by molar-refractivity contribution is 6.31. The highest BCUT2D eigenvalue weighted by atomic mass is 35.5. The Bertz CT molecular complexity index is 541. The fourth-order valence-corrected chi connectivity index (χ4v) is 3.74. The summed E-state index contributed by atoms with van der Waals surface area (Å²) in [5.41, 5.74) is 2.79. The number of aliphatic hydroxyl groups is 1. The lowest BCUT2D eigenvalue weighted by Crippen LogP contribution is -2.24. The first-order chi connectivity index (χ1) is 9.85. The molecule has 0 amide bonds. The van der Waals surface area contributed by atoms with Crippen molar-refractivity contribution in [3.05, 3.63) is 33.8 Å². The van der Waals surface area contributed by atoms with Gasteiger partial charge in [0, 0.05) is 10.9 Å². The molecule has 1 aromatic carbocycles. The molecule has 4 unspecified atom stereocenters. The van der Waals surface area contributed by atoms with Gasteiger partial charge in [0.25, 0.3) is 0 Å². The number of rotatable bonds is 4. The fraction of sp³-hybridized carbons (Fsp3) is 0.588. The van der Waals surface area contributed by atoms with Crippen molar-refractivity contribution in [2.24, 2.45) is 17.8 Å². The topological polar surface area (TPSA) is 57.5 Å². The fourth-order valence-electron chi connectivity index (χ4n) is 3.41. The molecule has 21 heavy (non-hydrogen) atoms. The van der Waals surface area contributed by atoms with Crippen LogP contribution in [0.5, 0.6) is 0 Å². The average Bonchev–Trinajstić information content (AvgIpc) is 2.86. The quantitative estimate of drug-likeness (QED) is 0.879. The number of aliphatic hydroxyl groups excluding tert-OH is 1. The molecule has 2 N–H and O–H groups in total. The largest absolute Gasteiger partial charge is 0.481 e. The second-order valence-electron chi connectivity index (χ2n) is 6.26. The third kappa shape index (κ3) is 3.24. The smallest absolute Gasteiger partial charge is 0.306 e. The Kier molecular flexibility index (Phi) is 4.95. The molecule has 0 aromatic heterocycles. The van der Waals surface area contributed by atoms with Gasteiger partial charge in [-0.2, -0.15) is 0 Å². The molecule has 1 aliphatic carbocycles. The highest BCUT2D eigenvalue weighted by Crippen LogP contribution is 2.46. The molecule has 2 rings (SSSR count). The Morgan fingerprint density at radius 2 is 1.95 bits per heavy atom. The van der Waals surface area contributed by atoms with E-state index in [1.54, 1.807) is 0 Å². The first-order valence-corrected chi connectivity index (χ1v) is 7.90. The Morgan fingerprint density at radius 3 is 2.52 bits per heavy atom. The summed E-state index contributed by atoms with van der Waals surface area (Å²) in [6.45, 7) is 6.02. The maximum Gasteiger partial charge on any atom is 0.306 e. The van der Waals surface area contributed by atoms with Crippen molar-refractivity contribution in [1.29, 1.82) is 0 Å². The van der Waals surface area contributed by atoms with Crippen LogP contribution in [0.4, 0.5) is 0 Å². The van der Waals surface area contributed by atoms with E-state index in [1.165, 1.54) is 0 Å². The Morgan fingerprint density at radius 1 is 1.33 bits per heavy atom. The number of halogens is 1. The number of hydrogen-bond acceptors (Lipinski definition) is 2. The van der Waals surface area contributed by atoms with Crippen LogP contribution in [0.2, 0.25) is 5.02 Å². The van der Waals surface area contributed by atoms with Gasteiger partial charge in [-0.3, -0.25) is 4.79 Å². The zero-order valence-corrected chi connectivity index (χ0v) is 13.5. The van der Waals surface area contributed by atoms with E-state index in [4.69, 9.17) is 11.6 Å². The maximum atomic E-state index is 11.5. The van der Waals surface area contributed by atoms with Gasteiger partial charge in [0.05, 0.1) is 12.0 Å². The van der Waals surface area contributed by atoms with Gasteiger partial charge in [0.1, 0.15) is 0 Å². The van der Waals surface area contributed by atoms with Crippen molar-refractivity contribution in [2.45, 2.75) is 46.1 Å². The van der Waals surface area contributed by atoms with Crippen molar-refractivity contribution in [3.63, 3.8) is 0 Å². The van der Waals surface area contributed by atoms with Crippen LogP contribution < -0.4 is 0 Å². The minimum Gasteiger partial charge on any atom is -0.481 e. The summed E-state index contributed by atoms with van der Waals surface area (Å²) in [5.74, 6) is -1.18. The van der Waals surface area contributed by atoms with Gasteiger partial charge < -0.3 is 10.2 Å². The van der Waals surface area contributed by atoms with E-state index in [9.17, 15) is 15.0 Å². The predicted molar refractivity (Wildman–Crippen MR) is 83.5 cm³/mol. The SMILES string of the molecule is CCC1CC(C(=O)O)C(C(O)c2cc(C)c(C)cc2Cl)C1. The Hall–Kier alpha value is -1.06. The molecule has 0 aliphatic heterocycles. The van der Waals surface area contributed by atoms with Crippen LogP contribution in [0.25, 0.3) is 0 Å². The van der Waals surface area contributed by atoms with Crippen molar-refractivity contribution in [1.82, 2.24) is 0 Å². The predicted octanol–water partition coefficient (Wildman–Crippen LogP) is 4.13. The summed E-state index contributed by atoms with van der Waals surface area (Å²) in [6, 6.07) is 3.73. The van der Waals surface area contributed by atoms with Crippen LogP contribution in [0.3, 0.4) is 0 Å². The summed E-state index contributed by atoms with van der Waals surface area (Å²) in [5, 5.41) is 20.6. The van der Waals surface area contributed by atoms with Crippen LogP contribution in [0.15, 0.2) is 12.1 Å². The van der Waals surface area contributed by atoms with E-state index in [-0.39, 0.29) is 5.92 Å². The van der Waals surface area contributed by atoms with Crippen molar-refractivity contribution in [3.8, 4) is 0 Å². The second kappa shape index (κ2) is 6.37. The summed E-state index contributed by atoms with van der Waals surface area (Å²) in [6.07, 6.45) is 1.54. The van der Waals surface area contributed by atoms with E-state index in [0.29, 0.717) is 22.9 Å². The van der Waals surface area contributed by atoms with Gasteiger partial charge in [0.2, 0.25) is 0 Å². The standard InChI is InChI=1S/C17H23ClO3/c1-4-11-7-12(13(8-11)17(20)21)16(19)14-5-9(2)10(3)6-15(14)18/h5-6,11-13,16,19H,4,7-8H2,1-3H3,(H,20,21). The van der Waals surface area contributed by atoms with Gasteiger partial charge in [-0.15, -0.1) is 0 Å². The molecular weight excluding hydrogens is 288 g/mol. The van der Waals surface area contributed by atoms with Crippen molar-refractivity contribution in [2.75, 3.05) is 0 Å². The first-order valence-electron chi connectivity index (χ1n) is 7.52. The Balaban J connectivity index is 2.32. The summed E-state index contributed by atoms with van der Waals surface area (Å²) >= 11 is 6.26. The minimum atomic E-state index is -0.811. The molecule has 1 fully saturated rings. The van der Waals surface area contributed by atoms with Gasteiger partial charge in [-0.25, -0.2) is 0 Å². The third-order valence-electron chi connectivity index (χ3n) is 4.94. The monoisotopic (exact) mass is 310 g/mol. The molecule has 0 bridgehead atoms. The first kappa shape index (κ1) is 16.3. The van der Waals surface area contributed by atoms with Gasteiger partial charge in [-0.1, -0.05) is 31.0 Å². The van der Waals surface area contributed by atoms with Gasteiger partial charge >= 0.3 is 5.97 Å². The van der Waals surface area contributed by atoms with Gasteiger partial charge in [-0.05, 0) is 55.4 Å².